The molecule has 0 aromatic carbocycles. The van der Waals surface area contributed by atoms with Crippen molar-refractivity contribution in [3.63, 3.8) is 0 Å². The van der Waals surface area contributed by atoms with Crippen LogP contribution in [0.2, 0.25) is 0 Å². The first kappa shape index (κ1) is 21.6. The zero-order valence-corrected chi connectivity index (χ0v) is 17.5. The maximum absolute atomic E-state index is 12.7. The average molecular weight is 398 g/mol. The first-order valence-corrected chi connectivity index (χ1v) is 11.1. The van der Waals surface area contributed by atoms with Crippen LogP contribution in [0, 0.1) is 5.92 Å². The number of rotatable bonds is 7. The smallest absolute Gasteiger partial charge is 0.251 e. The molecule has 1 fully saturated rings. The average Bonchev–Trinajstić information content (AvgIpc) is 2.64. The number of sulfonamides is 1. The molecule has 0 aliphatic heterocycles. The van der Waals surface area contributed by atoms with E-state index in [-0.39, 0.29) is 28.9 Å². The van der Waals surface area contributed by atoms with Gasteiger partial charge in [0.05, 0.1) is 4.90 Å². The van der Waals surface area contributed by atoms with Gasteiger partial charge < -0.3 is 9.47 Å². The van der Waals surface area contributed by atoms with Crippen molar-refractivity contribution in [3.8, 4) is 0 Å². The largest absolute Gasteiger partial charge is 0.341 e. The number of nitrogens with zero attached hydrogens (tertiary/aromatic N) is 3. The lowest BCUT2D eigenvalue weighted by molar-refractivity contribution is -0.133. The van der Waals surface area contributed by atoms with Gasteiger partial charge in [-0.3, -0.25) is 9.59 Å². The van der Waals surface area contributed by atoms with Crippen molar-refractivity contribution in [1.82, 2.24) is 13.8 Å². The lowest BCUT2D eigenvalue weighted by atomic mass is 9.87. The summed E-state index contributed by atoms with van der Waals surface area (Å²) >= 11 is 0. The summed E-state index contributed by atoms with van der Waals surface area (Å²) in [4.78, 5) is 26.6. The van der Waals surface area contributed by atoms with Gasteiger partial charge in [-0.2, -0.15) is 4.31 Å². The summed E-state index contributed by atoms with van der Waals surface area (Å²) in [7, 11) is -1.91. The van der Waals surface area contributed by atoms with Crippen molar-refractivity contribution in [2.24, 2.45) is 5.92 Å². The molecule has 152 valence electrons. The highest BCUT2D eigenvalue weighted by Crippen LogP contribution is 2.26. The minimum atomic E-state index is -3.67. The van der Waals surface area contributed by atoms with Gasteiger partial charge >= 0.3 is 0 Å². The van der Waals surface area contributed by atoms with Crippen molar-refractivity contribution in [1.29, 1.82) is 0 Å². The zero-order valence-electron chi connectivity index (χ0n) is 16.7. The molecule has 0 radical (unpaired) electrons. The fourth-order valence-electron chi connectivity index (χ4n) is 3.59. The van der Waals surface area contributed by atoms with Crippen LogP contribution < -0.4 is 5.56 Å². The molecule has 0 bridgehead atoms. The summed E-state index contributed by atoms with van der Waals surface area (Å²) in [5, 5.41) is 0. The molecule has 1 aromatic rings. The Morgan fingerprint density at radius 1 is 1.15 bits per heavy atom. The van der Waals surface area contributed by atoms with E-state index in [1.807, 2.05) is 0 Å². The molecule has 0 N–H and O–H groups in total. The number of carbonyl (C=O) groups is 1. The van der Waals surface area contributed by atoms with E-state index < -0.39 is 10.0 Å². The van der Waals surface area contributed by atoms with E-state index in [0.29, 0.717) is 19.0 Å². The van der Waals surface area contributed by atoms with Gasteiger partial charge in [-0.1, -0.05) is 20.8 Å². The van der Waals surface area contributed by atoms with E-state index in [4.69, 9.17) is 0 Å². The predicted octanol–water partition coefficient (Wildman–Crippen LogP) is 1.92. The molecule has 1 heterocycles. The van der Waals surface area contributed by atoms with E-state index in [9.17, 15) is 18.0 Å². The van der Waals surface area contributed by atoms with Gasteiger partial charge in [0.25, 0.3) is 5.56 Å². The Hall–Kier alpha value is -1.67. The lowest BCUT2D eigenvalue weighted by Gasteiger charge is -2.33. The van der Waals surface area contributed by atoms with E-state index in [0.717, 1.165) is 25.7 Å². The van der Waals surface area contributed by atoms with Crippen LogP contribution in [0.4, 0.5) is 0 Å². The summed E-state index contributed by atoms with van der Waals surface area (Å²) < 4.78 is 27.9. The summed E-state index contributed by atoms with van der Waals surface area (Å²) in [6, 6.07) is 2.71. The first-order chi connectivity index (χ1) is 12.7. The van der Waals surface area contributed by atoms with Crippen LogP contribution in [0.3, 0.4) is 0 Å². The van der Waals surface area contributed by atoms with Crippen LogP contribution in [0.15, 0.2) is 28.0 Å². The highest BCUT2D eigenvalue weighted by molar-refractivity contribution is 7.89. The van der Waals surface area contributed by atoms with Crippen molar-refractivity contribution in [2.45, 2.75) is 63.9 Å². The fraction of sp³-hybridized carbons (Fsp3) is 0.684. The molecule has 1 aliphatic carbocycles. The monoisotopic (exact) mass is 397 g/mol. The Balaban J connectivity index is 2.19. The topological polar surface area (TPSA) is 79.7 Å². The molecule has 1 amide bonds. The van der Waals surface area contributed by atoms with Gasteiger partial charge in [-0.25, -0.2) is 8.42 Å². The number of amides is 1. The summed E-state index contributed by atoms with van der Waals surface area (Å²) in [5.41, 5.74) is -0.382. The molecule has 8 heteroatoms. The minimum absolute atomic E-state index is 0.0349. The number of aromatic nitrogens is 1. The van der Waals surface area contributed by atoms with Crippen LogP contribution in [0.5, 0.6) is 0 Å². The number of hydrogen-bond donors (Lipinski definition) is 0. The van der Waals surface area contributed by atoms with Gasteiger partial charge in [-0.15, -0.1) is 0 Å². The van der Waals surface area contributed by atoms with Crippen LogP contribution in [-0.2, 0) is 21.4 Å². The number of carbonyl (C=O) groups excluding carboxylic acids is 1. The maximum Gasteiger partial charge on any atom is 0.251 e. The second kappa shape index (κ2) is 9.01. The van der Waals surface area contributed by atoms with Crippen LogP contribution in [0.25, 0.3) is 0 Å². The van der Waals surface area contributed by atoms with Gasteiger partial charge in [0.2, 0.25) is 15.9 Å². The van der Waals surface area contributed by atoms with E-state index in [1.54, 1.807) is 25.8 Å². The number of hydrogen-bond acceptors (Lipinski definition) is 4. The van der Waals surface area contributed by atoms with Gasteiger partial charge in [-0.05, 0) is 37.7 Å². The number of pyridine rings is 1. The molecule has 0 saturated heterocycles. The molecule has 1 aliphatic rings. The highest BCUT2D eigenvalue weighted by Gasteiger charge is 2.26. The van der Waals surface area contributed by atoms with E-state index >= 15 is 0 Å². The third kappa shape index (κ3) is 4.99. The van der Waals surface area contributed by atoms with E-state index in [1.165, 1.54) is 27.2 Å². The summed E-state index contributed by atoms with van der Waals surface area (Å²) in [6.45, 7) is 6.29. The van der Waals surface area contributed by atoms with Crippen LogP contribution in [0.1, 0.15) is 46.5 Å². The molecule has 2 rings (SSSR count). The van der Waals surface area contributed by atoms with Crippen molar-refractivity contribution >= 4 is 15.9 Å². The second-order valence-electron chi connectivity index (χ2n) is 7.34. The Kier molecular flexibility index (Phi) is 7.22. The van der Waals surface area contributed by atoms with Crippen LogP contribution in [-0.4, -0.2) is 54.3 Å². The standard InChI is InChI=1S/C19H31N3O4S/c1-5-22(6-2)27(25,26)17-11-12-18(23)21(13-17)14-19(24)20(4)16-9-7-15(3)8-10-16/h11-13,15-16H,5-10,14H2,1-4H3. The van der Waals surface area contributed by atoms with Gasteiger partial charge in [0, 0.05) is 38.4 Å². The maximum atomic E-state index is 12.7. The minimum Gasteiger partial charge on any atom is -0.341 e. The number of likely N-dealkylation sites (N-methyl/N-ethyl adjacent to an activating group) is 1. The van der Waals surface area contributed by atoms with Crippen molar-refractivity contribution in [3.05, 3.63) is 28.7 Å². The predicted molar refractivity (Wildman–Crippen MR) is 105 cm³/mol. The third-order valence-electron chi connectivity index (χ3n) is 5.53. The van der Waals surface area contributed by atoms with Crippen LogP contribution >= 0.6 is 0 Å². The van der Waals surface area contributed by atoms with Gasteiger partial charge in [0.15, 0.2) is 0 Å². The molecule has 1 aromatic heterocycles. The fourth-order valence-corrected chi connectivity index (χ4v) is 5.07. The normalized spacial score (nSPS) is 20.6. The molecule has 7 nitrogen and oxygen atoms in total. The molecule has 0 atom stereocenters. The van der Waals surface area contributed by atoms with E-state index in [2.05, 4.69) is 6.92 Å². The molecular formula is C19H31N3O4S. The molecule has 27 heavy (non-hydrogen) atoms. The molecule has 0 spiro atoms. The quantitative estimate of drug-likeness (QED) is 0.704. The van der Waals surface area contributed by atoms with Crippen molar-refractivity contribution in [2.75, 3.05) is 20.1 Å². The Bertz CT molecular complexity index is 806. The lowest BCUT2D eigenvalue weighted by Crippen LogP contribution is -2.42. The second-order valence-corrected chi connectivity index (χ2v) is 9.28. The Morgan fingerprint density at radius 3 is 2.30 bits per heavy atom. The molecule has 0 unspecified atom stereocenters. The first-order valence-electron chi connectivity index (χ1n) is 9.67. The summed E-state index contributed by atoms with van der Waals surface area (Å²) in [5.74, 6) is 0.517. The molecular weight excluding hydrogens is 366 g/mol. The highest BCUT2D eigenvalue weighted by atomic mass is 32.2. The molecule has 1 saturated carbocycles. The zero-order chi connectivity index (χ0) is 20.2. The Labute approximate surface area is 162 Å². The Morgan fingerprint density at radius 2 is 1.74 bits per heavy atom. The van der Waals surface area contributed by atoms with Crippen molar-refractivity contribution < 1.29 is 13.2 Å². The summed E-state index contributed by atoms with van der Waals surface area (Å²) in [6.07, 6.45) is 5.41. The third-order valence-corrected chi connectivity index (χ3v) is 7.57. The SMILES string of the molecule is CCN(CC)S(=O)(=O)c1ccc(=O)n(CC(=O)N(C)C2CCC(C)CC2)c1. The van der Waals surface area contributed by atoms with Gasteiger partial charge in [0.1, 0.15) is 6.54 Å².